The molecule has 1 aliphatic rings. The van der Waals surface area contributed by atoms with Crippen LogP contribution < -0.4 is 10.6 Å². The van der Waals surface area contributed by atoms with E-state index < -0.39 is 17.6 Å². The minimum Gasteiger partial charge on any atom is -0.321 e. The van der Waals surface area contributed by atoms with Crippen molar-refractivity contribution in [2.24, 2.45) is 0 Å². The SMILES string of the molecule is O=C(Nc1cncc(C(F)(F)F)c1)c1csc2c1CCNC2. The second kappa shape index (κ2) is 5.69. The maximum Gasteiger partial charge on any atom is 0.417 e. The van der Waals surface area contributed by atoms with Gasteiger partial charge >= 0.3 is 6.18 Å². The molecule has 0 saturated carbocycles. The highest BCUT2D eigenvalue weighted by Crippen LogP contribution is 2.30. The molecule has 0 aromatic carbocycles. The van der Waals surface area contributed by atoms with Crippen molar-refractivity contribution in [1.82, 2.24) is 10.3 Å². The van der Waals surface area contributed by atoms with Crippen LogP contribution in [0.2, 0.25) is 0 Å². The Morgan fingerprint density at radius 1 is 1.36 bits per heavy atom. The maximum atomic E-state index is 12.6. The Bertz CT molecular complexity index is 712. The van der Waals surface area contributed by atoms with Crippen LogP contribution in [0.1, 0.15) is 26.4 Å². The number of hydrogen-bond acceptors (Lipinski definition) is 4. The number of fused-ring (bicyclic) bond motifs is 1. The molecule has 0 aliphatic carbocycles. The summed E-state index contributed by atoms with van der Waals surface area (Å²) in [7, 11) is 0. The Labute approximate surface area is 128 Å². The van der Waals surface area contributed by atoms with E-state index in [0.717, 1.165) is 42.2 Å². The third-order valence-corrected chi connectivity index (χ3v) is 4.41. The first-order valence-corrected chi connectivity index (χ1v) is 7.46. The van der Waals surface area contributed by atoms with Crippen LogP contribution in [-0.4, -0.2) is 17.4 Å². The molecule has 3 rings (SSSR count). The van der Waals surface area contributed by atoms with E-state index >= 15 is 0 Å². The van der Waals surface area contributed by atoms with Gasteiger partial charge in [0.25, 0.3) is 5.91 Å². The standard InChI is InChI=1S/C14H12F3N3OS/c15-14(16,17)8-3-9(5-19-4-8)20-13(21)11-7-22-12-6-18-2-1-10(11)12/h3-5,7,18H,1-2,6H2,(H,20,21). The zero-order chi connectivity index (χ0) is 15.7. The molecule has 8 heteroatoms. The van der Waals surface area contributed by atoms with E-state index in [9.17, 15) is 18.0 Å². The van der Waals surface area contributed by atoms with Gasteiger partial charge in [0.2, 0.25) is 0 Å². The average Bonchev–Trinajstić information content (AvgIpc) is 2.90. The molecular weight excluding hydrogens is 315 g/mol. The number of pyridine rings is 1. The van der Waals surface area contributed by atoms with Crippen molar-refractivity contribution in [2.75, 3.05) is 11.9 Å². The van der Waals surface area contributed by atoms with Gasteiger partial charge in [0.05, 0.1) is 23.0 Å². The van der Waals surface area contributed by atoms with Gasteiger partial charge in [-0.25, -0.2) is 0 Å². The Hall–Kier alpha value is -1.93. The number of rotatable bonds is 2. The molecule has 0 radical (unpaired) electrons. The van der Waals surface area contributed by atoms with E-state index in [1.165, 1.54) is 17.5 Å². The van der Waals surface area contributed by atoms with E-state index in [-0.39, 0.29) is 5.69 Å². The van der Waals surface area contributed by atoms with Crippen LogP contribution >= 0.6 is 11.3 Å². The summed E-state index contributed by atoms with van der Waals surface area (Å²) in [6.07, 6.45) is -1.81. The number of alkyl halides is 3. The zero-order valence-corrected chi connectivity index (χ0v) is 12.1. The number of amides is 1. The number of nitrogens with one attached hydrogen (secondary N) is 2. The van der Waals surface area contributed by atoms with Gasteiger partial charge in [0.15, 0.2) is 0 Å². The monoisotopic (exact) mass is 327 g/mol. The first kappa shape index (κ1) is 15.0. The first-order valence-electron chi connectivity index (χ1n) is 6.58. The number of nitrogens with zero attached hydrogens (tertiary/aromatic N) is 1. The number of aromatic nitrogens is 1. The van der Waals surface area contributed by atoms with Crippen molar-refractivity contribution in [3.63, 3.8) is 0 Å². The number of carbonyl (C=O) groups excluding carboxylic acids is 1. The lowest BCUT2D eigenvalue weighted by molar-refractivity contribution is -0.137. The Balaban J connectivity index is 1.82. The number of carbonyl (C=O) groups is 1. The summed E-state index contributed by atoms with van der Waals surface area (Å²) in [4.78, 5) is 16.9. The fraction of sp³-hybridized carbons (Fsp3) is 0.286. The molecule has 0 bridgehead atoms. The molecule has 22 heavy (non-hydrogen) atoms. The van der Waals surface area contributed by atoms with Gasteiger partial charge in [-0.2, -0.15) is 13.2 Å². The van der Waals surface area contributed by atoms with Crippen molar-refractivity contribution < 1.29 is 18.0 Å². The number of hydrogen-bond donors (Lipinski definition) is 2. The Morgan fingerprint density at radius 3 is 2.95 bits per heavy atom. The molecule has 0 fully saturated rings. The molecule has 2 N–H and O–H groups in total. The predicted molar refractivity (Wildman–Crippen MR) is 76.9 cm³/mol. The van der Waals surface area contributed by atoms with Crippen molar-refractivity contribution in [3.8, 4) is 0 Å². The van der Waals surface area contributed by atoms with Gasteiger partial charge in [-0.1, -0.05) is 0 Å². The molecule has 4 nitrogen and oxygen atoms in total. The normalized spacial score (nSPS) is 14.5. The van der Waals surface area contributed by atoms with Crippen LogP contribution in [0, 0.1) is 0 Å². The summed E-state index contributed by atoms with van der Waals surface area (Å²) in [6, 6.07) is 0.880. The summed E-state index contributed by atoms with van der Waals surface area (Å²) in [5.41, 5.74) is 0.649. The zero-order valence-electron chi connectivity index (χ0n) is 11.3. The molecule has 0 saturated heterocycles. The van der Waals surface area contributed by atoms with E-state index in [4.69, 9.17) is 0 Å². The van der Waals surface area contributed by atoms with Crippen LogP contribution in [0.5, 0.6) is 0 Å². The Morgan fingerprint density at radius 2 is 2.18 bits per heavy atom. The molecule has 0 atom stereocenters. The lowest BCUT2D eigenvalue weighted by Crippen LogP contribution is -2.24. The number of anilines is 1. The van der Waals surface area contributed by atoms with Gasteiger partial charge in [-0.3, -0.25) is 9.78 Å². The third kappa shape index (κ3) is 2.97. The van der Waals surface area contributed by atoms with E-state index in [0.29, 0.717) is 5.56 Å². The smallest absolute Gasteiger partial charge is 0.321 e. The van der Waals surface area contributed by atoms with E-state index in [2.05, 4.69) is 15.6 Å². The molecule has 0 unspecified atom stereocenters. The van der Waals surface area contributed by atoms with Crippen LogP contribution in [0.4, 0.5) is 18.9 Å². The van der Waals surface area contributed by atoms with E-state index in [1.54, 1.807) is 5.38 Å². The van der Waals surface area contributed by atoms with Crippen LogP contribution in [0.25, 0.3) is 0 Å². The lowest BCUT2D eigenvalue weighted by Gasteiger charge is -2.14. The summed E-state index contributed by atoms with van der Waals surface area (Å²) in [5.74, 6) is -0.402. The predicted octanol–water partition coefficient (Wildman–Crippen LogP) is 3.06. The van der Waals surface area contributed by atoms with Gasteiger partial charge in [0, 0.05) is 23.0 Å². The minimum atomic E-state index is -4.49. The molecular formula is C14H12F3N3OS. The first-order chi connectivity index (χ1) is 10.4. The topological polar surface area (TPSA) is 54.0 Å². The number of halogens is 3. The highest BCUT2D eigenvalue weighted by Gasteiger charge is 2.31. The summed E-state index contributed by atoms with van der Waals surface area (Å²) in [5, 5.41) is 7.45. The van der Waals surface area contributed by atoms with Crippen molar-refractivity contribution in [1.29, 1.82) is 0 Å². The van der Waals surface area contributed by atoms with Gasteiger partial charge < -0.3 is 10.6 Å². The van der Waals surface area contributed by atoms with Crippen molar-refractivity contribution in [3.05, 3.63) is 45.4 Å². The molecule has 0 spiro atoms. The molecule has 1 aliphatic heterocycles. The summed E-state index contributed by atoms with van der Waals surface area (Å²) < 4.78 is 37.9. The largest absolute Gasteiger partial charge is 0.417 e. The second-order valence-electron chi connectivity index (χ2n) is 4.89. The van der Waals surface area contributed by atoms with Crippen LogP contribution in [-0.2, 0) is 19.1 Å². The molecule has 3 heterocycles. The van der Waals surface area contributed by atoms with Crippen LogP contribution in [0.3, 0.4) is 0 Å². The second-order valence-corrected chi connectivity index (χ2v) is 5.86. The average molecular weight is 327 g/mol. The quantitative estimate of drug-likeness (QED) is 0.891. The molecule has 116 valence electrons. The summed E-state index contributed by atoms with van der Waals surface area (Å²) >= 11 is 1.48. The lowest BCUT2D eigenvalue weighted by atomic mass is 10.0. The number of thiophene rings is 1. The highest BCUT2D eigenvalue weighted by molar-refractivity contribution is 7.10. The van der Waals surface area contributed by atoms with Crippen molar-refractivity contribution in [2.45, 2.75) is 19.1 Å². The third-order valence-electron chi connectivity index (χ3n) is 3.39. The molecule has 2 aromatic rings. The minimum absolute atomic E-state index is 0.0358. The van der Waals surface area contributed by atoms with E-state index in [1.807, 2.05) is 0 Å². The maximum absolute atomic E-state index is 12.6. The molecule has 2 aromatic heterocycles. The van der Waals surface area contributed by atoms with Gasteiger partial charge in [-0.05, 0) is 24.6 Å². The fourth-order valence-corrected chi connectivity index (χ4v) is 3.36. The molecule has 1 amide bonds. The highest BCUT2D eigenvalue weighted by atomic mass is 32.1. The van der Waals surface area contributed by atoms with Gasteiger partial charge in [0.1, 0.15) is 0 Å². The van der Waals surface area contributed by atoms with Crippen molar-refractivity contribution >= 4 is 22.9 Å². The Kier molecular flexibility index (Phi) is 3.88. The summed E-state index contributed by atoms with van der Waals surface area (Å²) in [6.45, 7) is 1.51. The van der Waals surface area contributed by atoms with Crippen LogP contribution in [0.15, 0.2) is 23.8 Å². The fourth-order valence-electron chi connectivity index (χ4n) is 2.31. The van der Waals surface area contributed by atoms with Gasteiger partial charge in [-0.15, -0.1) is 11.3 Å².